The Hall–Kier alpha value is -1.34. The molecule has 1 aliphatic heterocycles. The van der Waals surface area contributed by atoms with Gasteiger partial charge < -0.3 is 4.74 Å². The molecule has 1 aliphatic rings. The number of hydrogen-bond acceptors (Lipinski definition) is 4. The Labute approximate surface area is 102 Å². The second-order valence-corrected chi connectivity index (χ2v) is 4.67. The number of nitrogens with zero attached hydrogens (tertiary/aromatic N) is 1. The SMILES string of the molecule is C#CC(C)(C)N1CCC(=O)C(C(=O)OCC)C1. The van der Waals surface area contributed by atoms with Crippen molar-refractivity contribution in [3.63, 3.8) is 0 Å². The largest absolute Gasteiger partial charge is 0.465 e. The number of hydrogen-bond donors (Lipinski definition) is 0. The average Bonchev–Trinajstić information content (AvgIpc) is 2.29. The molecule has 0 radical (unpaired) electrons. The molecular formula is C13H19NO3. The van der Waals surface area contributed by atoms with Crippen molar-refractivity contribution in [2.75, 3.05) is 19.7 Å². The lowest BCUT2D eigenvalue weighted by atomic mass is 9.92. The molecule has 17 heavy (non-hydrogen) atoms. The standard InChI is InChI=1S/C13H19NO3/c1-5-13(3,4)14-8-7-11(15)10(9-14)12(16)17-6-2/h1,10H,6-9H2,2-4H3. The molecule has 1 rings (SSSR count). The van der Waals surface area contributed by atoms with Gasteiger partial charge in [0.25, 0.3) is 0 Å². The van der Waals surface area contributed by atoms with Crippen LogP contribution < -0.4 is 0 Å². The molecule has 0 N–H and O–H groups in total. The van der Waals surface area contributed by atoms with E-state index in [0.29, 0.717) is 26.1 Å². The minimum Gasteiger partial charge on any atom is -0.465 e. The Morgan fingerprint density at radius 2 is 2.29 bits per heavy atom. The summed E-state index contributed by atoms with van der Waals surface area (Å²) in [6.45, 7) is 6.80. The van der Waals surface area contributed by atoms with Crippen molar-refractivity contribution in [2.24, 2.45) is 5.92 Å². The fourth-order valence-electron chi connectivity index (χ4n) is 1.88. The van der Waals surface area contributed by atoms with Crippen molar-refractivity contribution < 1.29 is 14.3 Å². The molecule has 0 bridgehead atoms. The Bertz CT molecular complexity index is 354. The predicted molar refractivity (Wildman–Crippen MR) is 64.2 cm³/mol. The number of Topliss-reactive ketones (excluding diaryl/α,β-unsaturated/α-hetero) is 1. The number of carbonyl (C=O) groups excluding carboxylic acids is 2. The number of rotatable bonds is 3. The average molecular weight is 237 g/mol. The maximum absolute atomic E-state index is 11.7. The quantitative estimate of drug-likeness (QED) is 0.415. The fourth-order valence-corrected chi connectivity index (χ4v) is 1.88. The van der Waals surface area contributed by atoms with Crippen LogP contribution in [0.15, 0.2) is 0 Å². The van der Waals surface area contributed by atoms with Gasteiger partial charge in [0, 0.05) is 19.5 Å². The van der Waals surface area contributed by atoms with Crippen LogP contribution >= 0.6 is 0 Å². The first-order valence-corrected chi connectivity index (χ1v) is 5.84. The maximum atomic E-state index is 11.7. The molecule has 4 heteroatoms. The topological polar surface area (TPSA) is 46.6 Å². The van der Waals surface area contributed by atoms with Crippen LogP contribution in [0, 0.1) is 18.3 Å². The van der Waals surface area contributed by atoms with Gasteiger partial charge in [-0.05, 0) is 20.8 Å². The minimum absolute atomic E-state index is 0.0486. The second kappa shape index (κ2) is 5.33. The normalized spacial score (nSPS) is 22.0. The van der Waals surface area contributed by atoms with Gasteiger partial charge in [-0.2, -0.15) is 0 Å². The Kier molecular flexibility index (Phi) is 4.30. The van der Waals surface area contributed by atoms with Gasteiger partial charge in [0.15, 0.2) is 0 Å². The predicted octanol–water partition coefficient (Wildman–Crippen LogP) is 0.852. The van der Waals surface area contributed by atoms with Crippen LogP contribution in [0.4, 0.5) is 0 Å². The van der Waals surface area contributed by atoms with E-state index in [2.05, 4.69) is 5.92 Å². The lowest BCUT2D eigenvalue weighted by Gasteiger charge is -2.39. The van der Waals surface area contributed by atoms with Gasteiger partial charge >= 0.3 is 5.97 Å². The molecule has 0 saturated carbocycles. The van der Waals surface area contributed by atoms with Crippen molar-refractivity contribution in [1.29, 1.82) is 0 Å². The smallest absolute Gasteiger partial charge is 0.317 e. The first-order valence-electron chi connectivity index (χ1n) is 5.84. The summed E-state index contributed by atoms with van der Waals surface area (Å²) in [6, 6.07) is 0. The Balaban J connectivity index is 2.76. The van der Waals surface area contributed by atoms with Crippen LogP contribution in [0.3, 0.4) is 0 Å². The summed E-state index contributed by atoms with van der Waals surface area (Å²) in [5, 5.41) is 0. The summed E-state index contributed by atoms with van der Waals surface area (Å²) in [4.78, 5) is 25.3. The molecule has 0 amide bonds. The highest BCUT2D eigenvalue weighted by molar-refractivity contribution is 5.99. The molecule has 0 spiro atoms. The molecule has 1 saturated heterocycles. The highest BCUT2D eigenvalue weighted by Crippen LogP contribution is 2.22. The summed E-state index contributed by atoms with van der Waals surface area (Å²) < 4.78 is 4.91. The minimum atomic E-state index is -0.684. The fraction of sp³-hybridized carbons (Fsp3) is 0.692. The van der Waals surface area contributed by atoms with Gasteiger partial charge in [-0.15, -0.1) is 6.42 Å². The van der Waals surface area contributed by atoms with E-state index in [1.165, 1.54) is 0 Å². The zero-order chi connectivity index (χ0) is 13.1. The van der Waals surface area contributed by atoms with Crippen LogP contribution in [0.5, 0.6) is 0 Å². The number of carbonyl (C=O) groups is 2. The number of esters is 1. The van der Waals surface area contributed by atoms with E-state index in [9.17, 15) is 9.59 Å². The zero-order valence-electron chi connectivity index (χ0n) is 10.7. The Morgan fingerprint density at radius 3 is 2.82 bits per heavy atom. The number of ether oxygens (including phenoxy) is 1. The summed E-state index contributed by atoms with van der Waals surface area (Å²) in [7, 11) is 0. The molecule has 1 fully saturated rings. The first-order chi connectivity index (χ1) is 7.92. The third-order valence-electron chi connectivity index (χ3n) is 3.13. The molecule has 1 heterocycles. The van der Waals surface area contributed by atoms with Crippen molar-refractivity contribution in [1.82, 2.24) is 4.90 Å². The lowest BCUT2D eigenvalue weighted by Crippen LogP contribution is -2.52. The van der Waals surface area contributed by atoms with Gasteiger partial charge in [0.05, 0.1) is 12.1 Å². The highest BCUT2D eigenvalue weighted by Gasteiger charge is 2.38. The zero-order valence-corrected chi connectivity index (χ0v) is 10.7. The summed E-state index contributed by atoms with van der Waals surface area (Å²) in [5.74, 6) is 1.51. The highest BCUT2D eigenvalue weighted by atomic mass is 16.5. The molecule has 1 atom stereocenters. The molecule has 0 aromatic carbocycles. The molecule has 94 valence electrons. The van der Waals surface area contributed by atoms with Crippen LogP contribution in [0.2, 0.25) is 0 Å². The molecule has 4 nitrogen and oxygen atoms in total. The maximum Gasteiger partial charge on any atom is 0.317 e. The van der Waals surface area contributed by atoms with E-state index < -0.39 is 17.4 Å². The van der Waals surface area contributed by atoms with Gasteiger partial charge in [-0.1, -0.05) is 5.92 Å². The van der Waals surface area contributed by atoms with E-state index >= 15 is 0 Å². The molecule has 0 aromatic rings. The third kappa shape index (κ3) is 3.07. The number of piperidine rings is 1. The van der Waals surface area contributed by atoms with Crippen LogP contribution in [0.1, 0.15) is 27.2 Å². The summed E-state index contributed by atoms with van der Waals surface area (Å²) in [5.41, 5.74) is -0.439. The van der Waals surface area contributed by atoms with E-state index in [1.807, 2.05) is 18.7 Å². The Morgan fingerprint density at radius 1 is 1.65 bits per heavy atom. The van der Waals surface area contributed by atoms with Crippen LogP contribution in [-0.2, 0) is 14.3 Å². The molecule has 0 aliphatic carbocycles. The lowest BCUT2D eigenvalue weighted by molar-refractivity contribution is -0.154. The summed E-state index contributed by atoms with van der Waals surface area (Å²) >= 11 is 0. The molecule has 1 unspecified atom stereocenters. The molecular weight excluding hydrogens is 218 g/mol. The van der Waals surface area contributed by atoms with E-state index in [0.717, 1.165) is 0 Å². The number of likely N-dealkylation sites (tertiary alicyclic amines) is 1. The van der Waals surface area contributed by atoms with Crippen molar-refractivity contribution >= 4 is 11.8 Å². The van der Waals surface area contributed by atoms with E-state index in [4.69, 9.17) is 11.2 Å². The van der Waals surface area contributed by atoms with E-state index in [-0.39, 0.29) is 5.78 Å². The number of terminal acetylenes is 1. The molecule has 0 aromatic heterocycles. The van der Waals surface area contributed by atoms with Crippen molar-refractivity contribution in [3.8, 4) is 12.3 Å². The van der Waals surface area contributed by atoms with Gasteiger partial charge in [0.1, 0.15) is 11.7 Å². The van der Waals surface area contributed by atoms with Gasteiger partial charge in [-0.25, -0.2) is 0 Å². The van der Waals surface area contributed by atoms with Crippen molar-refractivity contribution in [2.45, 2.75) is 32.7 Å². The third-order valence-corrected chi connectivity index (χ3v) is 3.13. The van der Waals surface area contributed by atoms with Crippen LogP contribution in [0.25, 0.3) is 0 Å². The monoisotopic (exact) mass is 237 g/mol. The van der Waals surface area contributed by atoms with Crippen LogP contribution in [-0.4, -0.2) is 41.9 Å². The van der Waals surface area contributed by atoms with Gasteiger partial charge in [0.2, 0.25) is 0 Å². The van der Waals surface area contributed by atoms with Gasteiger partial charge in [-0.3, -0.25) is 14.5 Å². The first kappa shape index (κ1) is 13.7. The van der Waals surface area contributed by atoms with E-state index in [1.54, 1.807) is 6.92 Å². The summed E-state index contributed by atoms with van der Waals surface area (Å²) in [6.07, 6.45) is 5.81. The second-order valence-electron chi connectivity index (χ2n) is 4.67. The number of ketones is 1. The van der Waals surface area contributed by atoms with Crippen molar-refractivity contribution in [3.05, 3.63) is 0 Å².